The number of hydrogen-bond acceptors (Lipinski definition) is 2. The Morgan fingerprint density at radius 2 is 1.26 bits per heavy atom. The maximum Gasteiger partial charge on any atom is 0.458 e. The Hall–Kier alpha value is -1.90. The van der Waals surface area contributed by atoms with Gasteiger partial charge in [-0.15, -0.1) is 0 Å². The van der Waals surface area contributed by atoms with Crippen LogP contribution in [-0.2, 0) is 11.0 Å². The molecule has 0 saturated heterocycles. The molecule has 106 valence electrons. The summed E-state index contributed by atoms with van der Waals surface area (Å²) in [6, 6.07) is 1.90. The average Bonchev–Trinajstić information content (AvgIpc) is 2.25. The van der Waals surface area contributed by atoms with Crippen molar-refractivity contribution in [1.82, 2.24) is 0 Å². The van der Waals surface area contributed by atoms with E-state index in [2.05, 4.69) is 0 Å². The summed E-state index contributed by atoms with van der Waals surface area (Å²) in [5, 5.41) is 0. The van der Waals surface area contributed by atoms with Crippen molar-refractivity contribution in [1.29, 1.82) is 0 Å². The van der Waals surface area contributed by atoms with Crippen molar-refractivity contribution >= 4 is 11.6 Å². The van der Waals surface area contributed by atoms with E-state index in [4.69, 9.17) is 0 Å². The van der Waals surface area contributed by atoms with Crippen molar-refractivity contribution in [3.8, 4) is 0 Å². The van der Waals surface area contributed by atoms with Gasteiger partial charge in [-0.1, -0.05) is 12.1 Å². The van der Waals surface area contributed by atoms with E-state index in [-0.39, 0.29) is 5.48 Å². The third kappa shape index (κ3) is 4.05. The standard InChI is InChI=1S/C10H4F6O2.H2O/c11-9(12,13)6-3-1-5(2-4-6)7(17)8(18)10(14,15)16;/h1-4H;1H2. The molecule has 0 aliphatic rings. The number of alkyl halides is 6. The first-order valence-electron chi connectivity index (χ1n) is 4.36. The third-order valence-electron chi connectivity index (χ3n) is 1.94. The normalized spacial score (nSPS) is 11.7. The summed E-state index contributed by atoms with van der Waals surface area (Å²) in [5.41, 5.74) is -1.87. The van der Waals surface area contributed by atoms with Crippen LogP contribution in [0.25, 0.3) is 0 Å². The smallest absolute Gasteiger partial charge is 0.412 e. The molecular formula is C10H6F6O3. The quantitative estimate of drug-likeness (QED) is 0.475. The molecule has 1 aromatic carbocycles. The van der Waals surface area contributed by atoms with E-state index in [9.17, 15) is 35.9 Å². The van der Waals surface area contributed by atoms with Crippen molar-refractivity contribution < 1.29 is 41.4 Å². The Balaban J connectivity index is 0.00000324. The topological polar surface area (TPSA) is 65.6 Å². The van der Waals surface area contributed by atoms with E-state index in [1.54, 1.807) is 0 Å². The van der Waals surface area contributed by atoms with Gasteiger partial charge in [0.05, 0.1) is 5.56 Å². The number of rotatable bonds is 2. The molecule has 0 saturated carbocycles. The van der Waals surface area contributed by atoms with E-state index in [0.717, 1.165) is 0 Å². The highest BCUT2D eigenvalue weighted by Gasteiger charge is 2.43. The fourth-order valence-electron chi connectivity index (χ4n) is 1.07. The van der Waals surface area contributed by atoms with Gasteiger partial charge in [0, 0.05) is 5.56 Å². The largest absolute Gasteiger partial charge is 0.458 e. The van der Waals surface area contributed by atoms with Gasteiger partial charge in [-0.2, -0.15) is 26.3 Å². The maximum absolute atomic E-state index is 12.1. The van der Waals surface area contributed by atoms with Gasteiger partial charge in [-0.3, -0.25) is 9.59 Å². The van der Waals surface area contributed by atoms with Gasteiger partial charge in [0.2, 0.25) is 5.78 Å². The summed E-state index contributed by atoms with van der Waals surface area (Å²) in [6.45, 7) is 0. The maximum atomic E-state index is 12.1. The molecule has 0 heterocycles. The molecule has 1 rings (SSSR count). The summed E-state index contributed by atoms with van der Waals surface area (Å²) in [6.07, 6.45) is -10.0. The Morgan fingerprint density at radius 3 is 1.58 bits per heavy atom. The highest BCUT2D eigenvalue weighted by molar-refractivity contribution is 6.45. The molecule has 0 radical (unpaired) electrons. The molecule has 0 spiro atoms. The lowest BCUT2D eigenvalue weighted by Crippen LogP contribution is -2.30. The number of benzene rings is 1. The highest BCUT2D eigenvalue weighted by Crippen LogP contribution is 2.29. The van der Waals surface area contributed by atoms with E-state index in [1.807, 2.05) is 0 Å². The first kappa shape index (κ1) is 17.1. The van der Waals surface area contributed by atoms with Crippen molar-refractivity contribution in [2.45, 2.75) is 12.4 Å². The molecule has 19 heavy (non-hydrogen) atoms. The molecule has 2 N–H and O–H groups in total. The summed E-state index contributed by atoms with van der Waals surface area (Å²) in [5.74, 6) is -4.52. The van der Waals surface area contributed by atoms with E-state index in [0.29, 0.717) is 24.3 Å². The summed E-state index contributed by atoms with van der Waals surface area (Å²) in [7, 11) is 0. The fourth-order valence-corrected chi connectivity index (χ4v) is 1.07. The van der Waals surface area contributed by atoms with Crippen LogP contribution in [0.1, 0.15) is 15.9 Å². The van der Waals surface area contributed by atoms with Crippen molar-refractivity contribution in [2.75, 3.05) is 0 Å². The Kier molecular flexibility index (Phi) is 4.85. The van der Waals surface area contributed by atoms with Crippen LogP contribution in [0.4, 0.5) is 26.3 Å². The number of halogens is 6. The van der Waals surface area contributed by atoms with Gasteiger partial charge in [0.25, 0.3) is 0 Å². The predicted molar refractivity (Wildman–Crippen MR) is 50.5 cm³/mol. The van der Waals surface area contributed by atoms with Crippen LogP contribution in [0.2, 0.25) is 0 Å². The van der Waals surface area contributed by atoms with Crippen LogP contribution in [0.3, 0.4) is 0 Å². The summed E-state index contributed by atoms with van der Waals surface area (Å²) < 4.78 is 72.1. The number of ketones is 2. The van der Waals surface area contributed by atoms with Crippen LogP contribution in [0, 0.1) is 0 Å². The van der Waals surface area contributed by atoms with Gasteiger partial charge in [0.1, 0.15) is 0 Å². The molecular weight excluding hydrogens is 282 g/mol. The van der Waals surface area contributed by atoms with Gasteiger partial charge >= 0.3 is 18.1 Å². The van der Waals surface area contributed by atoms with Crippen molar-refractivity contribution in [3.05, 3.63) is 35.4 Å². The second-order valence-corrected chi connectivity index (χ2v) is 3.23. The molecule has 0 unspecified atom stereocenters. The molecule has 0 aliphatic heterocycles. The van der Waals surface area contributed by atoms with Crippen molar-refractivity contribution in [3.63, 3.8) is 0 Å². The number of carbonyl (C=O) groups excluding carboxylic acids is 2. The molecule has 0 atom stereocenters. The Morgan fingerprint density at radius 1 is 0.842 bits per heavy atom. The first-order chi connectivity index (χ1) is 8.03. The monoisotopic (exact) mass is 288 g/mol. The number of Topliss-reactive ketones (excluding diaryl/α,β-unsaturated/α-hetero) is 2. The van der Waals surface area contributed by atoms with Gasteiger partial charge in [-0.05, 0) is 12.1 Å². The van der Waals surface area contributed by atoms with E-state index >= 15 is 0 Å². The van der Waals surface area contributed by atoms with Crippen LogP contribution < -0.4 is 0 Å². The van der Waals surface area contributed by atoms with Gasteiger partial charge in [-0.25, -0.2) is 0 Å². The summed E-state index contributed by atoms with van der Waals surface area (Å²) >= 11 is 0. The molecule has 0 bridgehead atoms. The molecule has 1 aromatic rings. The highest BCUT2D eigenvalue weighted by atomic mass is 19.4. The second kappa shape index (κ2) is 5.39. The minimum absolute atomic E-state index is 0. The third-order valence-corrected chi connectivity index (χ3v) is 1.94. The SMILES string of the molecule is O.O=C(C(=O)C(F)(F)F)c1ccc(C(F)(F)F)cc1. The van der Waals surface area contributed by atoms with Crippen LogP contribution in [0.5, 0.6) is 0 Å². The lowest BCUT2D eigenvalue weighted by atomic mass is 10.0. The lowest BCUT2D eigenvalue weighted by Gasteiger charge is -2.07. The predicted octanol–water partition coefficient (Wildman–Crippen LogP) is 2.19. The molecule has 3 nitrogen and oxygen atoms in total. The zero-order chi connectivity index (χ0) is 14.1. The Bertz CT molecular complexity index is 472. The summed E-state index contributed by atoms with van der Waals surface area (Å²) in [4.78, 5) is 21.6. The Labute approximate surface area is 102 Å². The van der Waals surface area contributed by atoms with E-state index in [1.165, 1.54) is 0 Å². The number of carbonyl (C=O) groups is 2. The fraction of sp³-hybridized carbons (Fsp3) is 0.200. The molecule has 0 fully saturated rings. The van der Waals surface area contributed by atoms with Crippen LogP contribution in [0.15, 0.2) is 24.3 Å². The lowest BCUT2D eigenvalue weighted by molar-refractivity contribution is -0.165. The minimum Gasteiger partial charge on any atom is -0.412 e. The van der Waals surface area contributed by atoms with Crippen LogP contribution in [-0.4, -0.2) is 23.2 Å². The molecule has 0 amide bonds. The van der Waals surface area contributed by atoms with Crippen molar-refractivity contribution in [2.24, 2.45) is 0 Å². The van der Waals surface area contributed by atoms with Gasteiger partial charge < -0.3 is 5.48 Å². The number of hydrogen-bond donors (Lipinski definition) is 0. The second-order valence-electron chi connectivity index (χ2n) is 3.23. The van der Waals surface area contributed by atoms with Gasteiger partial charge in [0.15, 0.2) is 0 Å². The van der Waals surface area contributed by atoms with E-state index < -0.39 is 35.0 Å². The molecule has 9 heteroatoms. The average molecular weight is 288 g/mol. The zero-order valence-corrected chi connectivity index (χ0v) is 8.89. The zero-order valence-electron chi connectivity index (χ0n) is 8.89. The molecule has 0 aliphatic carbocycles. The first-order valence-corrected chi connectivity index (χ1v) is 4.36. The minimum atomic E-state index is -5.35. The molecule has 0 aromatic heterocycles. The van der Waals surface area contributed by atoms with Crippen LogP contribution >= 0.6 is 0 Å².